The summed E-state index contributed by atoms with van der Waals surface area (Å²) in [5.74, 6) is 0. The third kappa shape index (κ3) is 1.43. The summed E-state index contributed by atoms with van der Waals surface area (Å²) in [6, 6.07) is 18.9. The lowest BCUT2D eigenvalue weighted by molar-refractivity contribution is -0.562. The minimum atomic E-state index is 1.22. The van der Waals surface area contributed by atoms with Crippen molar-refractivity contribution in [2.75, 3.05) is 0 Å². The minimum Gasteiger partial charge on any atom is -0.150 e. The molecule has 0 radical (unpaired) electrons. The van der Waals surface area contributed by atoms with Gasteiger partial charge >= 0.3 is 0 Å². The quantitative estimate of drug-likeness (QED) is 0.545. The second kappa shape index (κ2) is 3.48. The van der Waals surface area contributed by atoms with Gasteiger partial charge in [-0.1, -0.05) is 41.7 Å². The van der Waals surface area contributed by atoms with Gasteiger partial charge in [-0.3, -0.25) is 0 Å². The van der Waals surface area contributed by atoms with Crippen molar-refractivity contribution in [1.29, 1.82) is 0 Å². The van der Waals surface area contributed by atoms with Gasteiger partial charge in [-0.15, -0.1) is 4.57 Å². The second-order valence-electron chi connectivity index (χ2n) is 3.40. The van der Waals surface area contributed by atoms with E-state index in [1.807, 2.05) is 6.07 Å². The Kier molecular flexibility index (Phi) is 2.00. The lowest BCUT2D eigenvalue weighted by Crippen LogP contribution is -2.27. The van der Waals surface area contributed by atoms with Crippen LogP contribution in [-0.2, 0) is 0 Å². The molecule has 0 saturated heterocycles. The van der Waals surface area contributed by atoms with Crippen LogP contribution in [0.5, 0.6) is 0 Å². The number of thiazole rings is 1. The first-order valence-corrected chi connectivity index (χ1v) is 5.76. The van der Waals surface area contributed by atoms with E-state index in [1.165, 1.54) is 15.9 Å². The molecule has 0 fully saturated rings. The first-order chi connectivity index (χ1) is 7.45. The van der Waals surface area contributed by atoms with Crippen molar-refractivity contribution in [3.05, 3.63) is 60.1 Å². The number of hydrogen-bond acceptors (Lipinski definition) is 1. The number of nitrogens with zero attached hydrogens (tertiary/aromatic N) is 1. The number of para-hydroxylation sites is 2. The van der Waals surface area contributed by atoms with Crippen molar-refractivity contribution in [2.24, 2.45) is 0 Å². The highest BCUT2D eigenvalue weighted by Gasteiger charge is 2.12. The monoisotopic (exact) mass is 212 g/mol. The molecule has 0 aliphatic rings. The molecule has 1 nitrogen and oxygen atoms in total. The molecule has 0 aliphatic heterocycles. The van der Waals surface area contributed by atoms with Crippen molar-refractivity contribution >= 4 is 21.6 Å². The zero-order valence-electron chi connectivity index (χ0n) is 8.13. The Morgan fingerprint density at radius 3 is 2.40 bits per heavy atom. The van der Waals surface area contributed by atoms with E-state index in [9.17, 15) is 0 Å². The van der Waals surface area contributed by atoms with Crippen molar-refractivity contribution in [2.45, 2.75) is 0 Å². The van der Waals surface area contributed by atoms with E-state index >= 15 is 0 Å². The number of rotatable bonds is 1. The van der Waals surface area contributed by atoms with Gasteiger partial charge in [0.25, 0.3) is 0 Å². The van der Waals surface area contributed by atoms with Crippen molar-refractivity contribution in [1.82, 2.24) is 0 Å². The Morgan fingerprint density at radius 2 is 1.53 bits per heavy atom. The standard InChI is InChI=1S/C13H10NS/c1-2-6-11(7-3-1)14-10-15-13-9-5-4-8-12(13)14/h1-10H/q+1. The number of aromatic nitrogens is 1. The maximum absolute atomic E-state index is 2.22. The Bertz CT molecular complexity index is 584. The van der Waals surface area contributed by atoms with Crippen molar-refractivity contribution < 1.29 is 4.57 Å². The molecule has 0 saturated carbocycles. The summed E-state index contributed by atoms with van der Waals surface area (Å²) in [6.07, 6.45) is 0. The van der Waals surface area contributed by atoms with Gasteiger partial charge in [-0.2, -0.15) is 0 Å². The number of benzene rings is 2. The van der Waals surface area contributed by atoms with Gasteiger partial charge in [0.1, 0.15) is 4.70 Å². The van der Waals surface area contributed by atoms with Gasteiger partial charge in [0.15, 0.2) is 0 Å². The zero-order chi connectivity index (χ0) is 10.1. The maximum Gasteiger partial charge on any atom is 0.231 e. The molecule has 0 atom stereocenters. The molecule has 72 valence electrons. The maximum atomic E-state index is 2.22. The van der Waals surface area contributed by atoms with Crippen LogP contribution in [0.15, 0.2) is 60.1 Å². The highest BCUT2D eigenvalue weighted by molar-refractivity contribution is 7.16. The fraction of sp³-hybridized carbons (Fsp3) is 0. The van der Waals surface area contributed by atoms with Crippen LogP contribution in [0.2, 0.25) is 0 Å². The predicted octanol–water partition coefficient (Wildman–Crippen LogP) is 3.18. The predicted molar refractivity (Wildman–Crippen MR) is 63.4 cm³/mol. The lowest BCUT2D eigenvalue weighted by Gasteiger charge is -1.91. The van der Waals surface area contributed by atoms with Crippen LogP contribution < -0.4 is 4.57 Å². The Labute approximate surface area is 92.2 Å². The van der Waals surface area contributed by atoms with Gasteiger partial charge in [-0.05, 0) is 6.07 Å². The number of fused-ring (bicyclic) bond motifs is 1. The zero-order valence-corrected chi connectivity index (χ0v) is 8.95. The third-order valence-electron chi connectivity index (χ3n) is 2.44. The van der Waals surface area contributed by atoms with Crippen LogP contribution >= 0.6 is 11.3 Å². The van der Waals surface area contributed by atoms with Gasteiger partial charge in [0.05, 0.1) is 0 Å². The highest BCUT2D eigenvalue weighted by Crippen LogP contribution is 2.16. The molecule has 1 heterocycles. The molecule has 0 aliphatic carbocycles. The van der Waals surface area contributed by atoms with E-state index in [0.717, 1.165) is 0 Å². The van der Waals surface area contributed by atoms with E-state index in [0.29, 0.717) is 0 Å². The molecule has 3 aromatic rings. The summed E-state index contributed by atoms with van der Waals surface area (Å²) < 4.78 is 3.54. The molecule has 1 aromatic heterocycles. The van der Waals surface area contributed by atoms with E-state index in [1.54, 1.807) is 11.3 Å². The molecule has 15 heavy (non-hydrogen) atoms. The third-order valence-corrected chi connectivity index (χ3v) is 3.36. The summed E-state index contributed by atoms with van der Waals surface area (Å²) in [7, 11) is 0. The molecular formula is C13H10NS+. The van der Waals surface area contributed by atoms with Crippen LogP contribution in [-0.4, -0.2) is 0 Å². The molecule has 2 aromatic carbocycles. The van der Waals surface area contributed by atoms with Crippen LogP contribution in [0.25, 0.3) is 15.9 Å². The molecule has 0 amide bonds. The number of hydrogen-bond donors (Lipinski definition) is 0. The summed E-state index contributed by atoms with van der Waals surface area (Å²) in [5.41, 5.74) is 4.64. The topological polar surface area (TPSA) is 3.88 Å². The first-order valence-electron chi connectivity index (χ1n) is 4.88. The van der Waals surface area contributed by atoms with E-state index in [2.05, 4.69) is 58.6 Å². The summed E-state index contributed by atoms with van der Waals surface area (Å²) in [5, 5.41) is 0. The molecule has 0 N–H and O–H groups in total. The Hall–Kier alpha value is -1.67. The van der Waals surface area contributed by atoms with E-state index in [4.69, 9.17) is 0 Å². The van der Waals surface area contributed by atoms with E-state index < -0.39 is 0 Å². The van der Waals surface area contributed by atoms with Crippen molar-refractivity contribution in [3.8, 4) is 5.69 Å². The van der Waals surface area contributed by atoms with Crippen LogP contribution in [0, 0.1) is 0 Å². The van der Waals surface area contributed by atoms with Gasteiger partial charge < -0.3 is 0 Å². The fourth-order valence-electron chi connectivity index (χ4n) is 1.71. The minimum absolute atomic E-state index is 1.22. The summed E-state index contributed by atoms with van der Waals surface area (Å²) >= 11 is 1.77. The van der Waals surface area contributed by atoms with Crippen LogP contribution in [0.1, 0.15) is 0 Å². The summed E-state index contributed by atoms with van der Waals surface area (Å²) in [6.45, 7) is 0. The van der Waals surface area contributed by atoms with Gasteiger partial charge in [0.2, 0.25) is 16.7 Å². The highest BCUT2D eigenvalue weighted by atomic mass is 32.1. The van der Waals surface area contributed by atoms with Gasteiger partial charge in [-0.25, -0.2) is 0 Å². The normalized spacial score (nSPS) is 10.7. The Balaban J connectivity index is 2.28. The fourth-order valence-corrected chi connectivity index (χ4v) is 2.61. The average molecular weight is 212 g/mol. The van der Waals surface area contributed by atoms with Crippen LogP contribution in [0.4, 0.5) is 0 Å². The molecule has 2 heteroatoms. The van der Waals surface area contributed by atoms with Gasteiger partial charge in [0, 0.05) is 18.2 Å². The Morgan fingerprint density at radius 1 is 0.800 bits per heavy atom. The molecule has 3 rings (SSSR count). The molecule has 0 spiro atoms. The van der Waals surface area contributed by atoms with Crippen molar-refractivity contribution in [3.63, 3.8) is 0 Å². The lowest BCUT2D eigenvalue weighted by atomic mass is 10.3. The molecule has 0 unspecified atom stereocenters. The molecular weight excluding hydrogens is 202 g/mol. The second-order valence-corrected chi connectivity index (χ2v) is 4.28. The van der Waals surface area contributed by atoms with Crippen LogP contribution in [0.3, 0.4) is 0 Å². The first kappa shape index (κ1) is 8.62. The molecule has 0 bridgehead atoms. The largest absolute Gasteiger partial charge is 0.231 e. The smallest absolute Gasteiger partial charge is 0.150 e. The average Bonchev–Trinajstić information content (AvgIpc) is 2.74. The summed E-state index contributed by atoms with van der Waals surface area (Å²) in [4.78, 5) is 0. The SMILES string of the molecule is c1ccc(-[n+]2csc3ccccc32)cc1. The van der Waals surface area contributed by atoms with E-state index in [-0.39, 0.29) is 0 Å².